The fraction of sp³-hybridized carbons (Fsp3) is 0.357. The first-order chi connectivity index (χ1) is 8.56. The highest BCUT2D eigenvalue weighted by molar-refractivity contribution is 7.15. The van der Waals surface area contributed by atoms with Gasteiger partial charge in [-0.1, -0.05) is 12.1 Å². The van der Waals surface area contributed by atoms with E-state index in [1.807, 2.05) is 19.9 Å². The van der Waals surface area contributed by atoms with E-state index in [0.29, 0.717) is 0 Å². The molecule has 0 fully saturated rings. The van der Waals surface area contributed by atoms with Crippen molar-refractivity contribution in [2.45, 2.75) is 32.7 Å². The SMILES string of the molecule is Cc1nc(-c2cccc(F)c2)sc1CCC(C)N. The zero-order valence-corrected chi connectivity index (χ0v) is 11.4. The predicted octanol–water partition coefficient (Wildman–Crippen LogP) is 3.54. The van der Waals surface area contributed by atoms with Crippen molar-refractivity contribution in [3.8, 4) is 10.6 Å². The van der Waals surface area contributed by atoms with E-state index in [4.69, 9.17) is 5.73 Å². The van der Waals surface area contributed by atoms with Crippen LogP contribution in [0.15, 0.2) is 24.3 Å². The quantitative estimate of drug-likeness (QED) is 0.917. The summed E-state index contributed by atoms with van der Waals surface area (Å²) in [5, 5.41) is 0.881. The lowest BCUT2D eigenvalue weighted by Crippen LogP contribution is -2.15. The molecule has 0 aliphatic rings. The molecular formula is C14H17FN2S. The van der Waals surface area contributed by atoms with Crippen molar-refractivity contribution < 1.29 is 4.39 Å². The van der Waals surface area contributed by atoms with E-state index in [-0.39, 0.29) is 11.9 Å². The van der Waals surface area contributed by atoms with Crippen LogP contribution < -0.4 is 5.73 Å². The summed E-state index contributed by atoms with van der Waals surface area (Å²) in [5.74, 6) is -0.225. The lowest BCUT2D eigenvalue weighted by molar-refractivity contribution is 0.628. The van der Waals surface area contributed by atoms with Gasteiger partial charge in [0.2, 0.25) is 0 Å². The fourth-order valence-corrected chi connectivity index (χ4v) is 2.84. The molecule has 0 spiro atoms. The highest BCUT2D eigenvalue weighted by Gasteiger charge is 2.10. The van der Waals surface area contributed by atoms with Gasteiger partial charge in [-0.2, -0.15) is 0 Å². The summed E-state index contributed by atoms with van der Waals surface area (Å²) in [6.07, 6.45) is 1.89. The maximum atomic E-state index is 13.2. The molecule has 2 aromatic rings. The van der Waals surface area contributed by atoms with Crippen LogP contribution in [0.2, 0.25) is 0 Å². The molecular weight excluding hydrogens is 247 g/mol. The molecule has 1 aromatic carbocycles. The monoisotopic (exact) mass is 264 g/mol. The Morgan fingerprint density at radius 1 is 1.44 bits per heavy atom. The Morgan fingerprint density at radius 2 is 2.22 bits per heavy atom. The largest absolute Gasteiger partial charge is 0.328 e. The van der Waals surface area contributed by atoms with Crippen molar-refractivity contribution in [1.82, 2.24) is 4.98 Å². The summed E-state index contributed by atoms with van der Waals surface area (Å²) in [6, 6.07) is 6.76. The molecule has 2 rings (SSSR count). The number of hydrogen-bond donors (Lipinski definition) is 1. The van der Waals surface area contributed by atoms with E-state index >= 15 is 0 Å². The molecule has 0 saturated carbocycles. The molecule has 4 heteroatoms. The van der Waals surface area contributed by atoms with Gasteiger partial charge in [-0.3, -0.25) is 0 Å². The van der Waals surface area contributed by atoms with Crippen LogP contribution in [0.1, 0.15) is 23.9 Å². The van der Waals surface area contributed by atoms with E-state index in [9.17, 15) is 4.39 Å². The number of benzene rings is 1. The second-order valence-corrected chi connectivity index (χ2v) is 5.64. The van der Waals surface area contributed by atoms with Gasteiger partial charge in [0.15, 0.2) is 0 Å². The van der Waals surface area contributed by atoms with Gasteiger partial charge in [-0.15, -0.1) is 11.3 Å². The average Bonchev–Trinajstić information content (AvgIpc) is 2.68. The topological polar surface area (TPSA) is 38.9 Å². The number of rotatable bonds is 4. The van der Waals surface area contributed by atoms with Crippen LogP contribution >= 0.6 is 11.3 Å². The third-order valence-corrected chi connectivity index (χ3v) is 4.06. The maximum Gasteiger partial charge on any atom is 0.123 e. The zero-order valence-electron chi connectivity index (χ0n) is 10.6. The Labute approximate surface area is 111 Å². The number of thiazole rings is 1. The van der Waals surface area contributed by atoms with Crippen LogP contribution in [0.3, 0.4) is 0 Å². The summed E-state index contributed by atoms with van der Waals surface area (Å²) < 4.78 is 13.2. The lowest BCUT2D eigenvalue weighted by Gasteiger charge is -2.02. The Hall–Kier alpha value is -1.26. The Bertz CT molecular complexity index is 534. The molecule has 2 N–H and O–H groups in total. The van der Waals surface area contributed by atoms with Crippen molar-refractivity contribution in [2.24, 2.45) is 5.73 Å². The smallest absolute Gasteiger partial charge is 0.123 e. The standard InChI is InChI=1S/C14H17FN2S/c1-9(16)6-7-13-10(2)17-14(18-13)11-4-3-5-12(15)8-11/h3-5,8-9H,6-7,16H2,1-2H3. The van der Waals surface area contributed by atoms with E-state index in [1.54, 1.807) is 17.4 Å². The minimum Gasteiger partial charge on any atom is -0.328 e. The first-order valence-corrected chi connectivity index (χ1v) is 6.85. The van der Waals surface area contributed by atoms with Crippen LogP contribution in [0, 0.1) is 12.7 Å². The third-order valence-electron chi connectivity index (χ3n) is 2.79. The molecule has 2 nitrogen and oxygen atoms in total. The molecule has 0 saturated heterocycles. The average molecular weight is 264 g/mol. The zero-order chi connectivity index (χ0) is 13.1. The van der Waals surface area contributed by atoms with Crippen molar-refractivity contribution >= 4 is 11.3 Å². The summed E-state index contributed by atoms with van der Waals surface area (Å²) in [6.45, 7) is 4.00. The number of nitrogens with zero attached hydrogens (tertiary/aromatic N) is 1. The molecule has 0 radical (unpaired) electrons. The summed E-state index contributed by atoms with van der Waals surface area (Å²) in [5.41, 5.74) is 7.63. The van der Waals surface area contributed by atoms with Crippen LogP contribution in [-0.4, -0.2) is 11.0 Å². The molecule has 1 heterocycles. The highest BCUT2D eigenvalue weighted by Crippen LogP contribution is 2.29. The van der Waals surface area contributed by atoms with Crippen LogP contribution in [-0.2, 0) is 6.42 Å². The van der Waals surface area contributed by atoms with E-state index in [0.717, 1.165) is 29.1 Å². The Kier molecular flexibility index (Phi) is 4.09. The van der Waals surface area contributed by atoms with Crippen molar-refractivity contribution in [2.75, 3.05) is 0 Å². The van der Waals surface area contributed by atoms with Crippen molar-refractivity contribution in [1.29, 1.82) is 0 Å². The number of nitrogens with two attached hydrogens (primary N) is 1. The molecule has 0 bridgehead atoms. The number of halogens is 1. The molecule has 18 heavy (non-hydrogen) atoms. The minimum atomic E-state index is -0.225. The fourth-order valence-electron chi connectivity index (χ4n) is 1.76. The highest BCUT2D eigenvalue weighted by atomic mass is 32.1. The Morgan fingerprint density at radius 3 is 2.89 bits per heavy atom. The minimum absolute atomic E-state index is 0.198. The van der Waals surface area contributed by atoms with Gasteiger partial charge in [0.25, 0.3) is 0 Å². The second-order valence-electron chi connectivity index (χ2n) is 4.55. The molecule has 0 amide bonds. The van der Waals surface area contributed by atoms with Gasteiger partial charge in [0.1, 0.15) is 10.8 Å². The summed E-state index contributed by atoms with van der Waals surface area (Å²) in [4.78, 5) is 5.75. The Balaban J connectivity index is 2.23. The molecule has 1 atom stereocenters. The molecule has 1 unspecified atom stereocenters. The number of hydrogen-bond acceptors (Lipinski definition) is 3. The molecule has 1 aromatic heterocycles. The van der Waals surface area contributed by atoms with Gasteiger partial charge in [0, 0.05) is 16.5 Å². The molecule has 96 valence electrons. The third kappa shape index (κ3) is 3.15. The lowest BCUT2D eigenvalue weighted by atomic mass is 10.1. The second kappa shape index (κ2) is 5.59. The molecule has 0 aliphatic heterocycles. The van der Waals surface area contributed by atoms with Crippen molar-refractivity contribution in [3.63, 3.8) is 0 Å². The first kappa shape index (κ1) is 13.2. The van der Waals surface area contributed by atoms with Crippen LogP contribution in [0.5, 0.6) is 0 Å². The van der Waals surface area contributed by atoms with E-state index in [2.05, 4.69) is 4.98 Å². The first-order valence-electron chi connectivity index (χ1n) is 6.04. The van der Waals surface area contributed by atoms with Gasteiger partial charge < -0.3 is 5.73 Å². The van der Waals surface area contributed by atoms with Crippen LogP contribution in [0.25, 0.3) is 10.6 Å². The van der Waals surface area contributed by atoms with Gasteiger partial charge in [0.05, 0.1) is 5.69 Å². The summed E-state index contributed by atoms with van der Waals surface area (Å²) in [7, 11) is 0. The number of aromatic nitrogens is 1. The van der Waals surface area contributed by atoms with E-state index < -0.39 is 0 Å². The van der Waals surface area contributed by atoms with Crippen LogP contribution in [0.4, 0.5) is 4.39 Å². The predicted molar refractivity (Wildman–Crippen MR) is 74.2 cm³/mol. The van der Waals surface area contributed by atoms with Crippen molar-refractivity contribution in [3.05, 3.63) is 40.7 Å². The normalized spacial score (nSPS) is 12.7. The maximum absolute atomic E-state index is 13.2. The van der Waals surface area contributed by atoms with E-state index in [1.165, 1.54) is 17.0 Å². The number of aryl methyl sites for hydroxylation is 2. The summed E-state index contributed by atoms with van der Waals surface area (Å²) >= 11 is 1.63. The van der Waals surface area contributed by atoms with Gasteiger partial charge >= 0.3 is 0 Å². The molecule has 0 aliphatic carbocycles. The van der Waals surface area contributed by atoms with Gasteiger partial charge in [-0.05, 0) is 38.8 Å². The van der Waals surface area contributed by atoms with Gasteiger partial charge in [-0.25, -0.2) is 9.37 Å².